The van der Waals surface area contributed by atoms with E-state index in [1.165, 1.54) is 12.1 Å². The Labute approximate surface area is 209 Å². The van der Waals surface area contributed by atoms with E-state index >= 15 is 0 Å². The average molecular weight is 480 g/mol. The Hall–Kier alpha value is -4.61. The number of hydrogen-bond acceptors (Lipinski definition) is 6. The molecule has 0 spiro atoms. The van der Waals surface area contributed by atoms with E-state index in [1.54, 1.807) is 36.9 Å². The monoisotopic (exact) mass is 479 g/mol. The van der Waals surface area contributed by atoms with Crippen LogP contribution >= 0.6 is 0 Å². The standard InChI is InChI=1S/C26H24FN7.C2H2/c1-2-29-10-16-7-19(12-30-11-16)23-8-18(22(28)14-32-23)9-25-33-24-15-31-13-21(26(24)34-25)17-3-5-20(27)6-4-17;1-2/h3-8,11-15,29H,2,9-10,28H2,1H3,(H,33,34);1-2H. The van der Waals surface area contributed by atoms with Crippen molar-refractivity contribution in [3.8, 4) is 35.2 Å². The molecule has 5 rings (SSSR count). The summed E-state index contributed by atoms with van der Waals surface area (Å²) in [5, 5.41) is 3.31. The van der Waals surface area contributed by atoms with Gasteiger partial charge in [0.1, 0.15) is 11.6 Å². The molecule has 36 heavy (non-hydrogen) atoms. The fraction of sp³-hybridized carbons (Fsp3) is 0.143. The van der Waals surface area contributed by atoms with E-state index in [4.69, 9.17) is 10.7 Å². The van der Waals surface area contributed by atoms with Gasteiger partial charge in [0.15, 0.2) is 0 Å². The number of imidazole rings is 1. The SMILES string of the molecule is C#C.CCNCc1cncc(-c2cc(Cc3nc4c(-c5ccc(F)cc5)cncc4[nH]3)c(N)cn2)c1. The Morgan fingerprint density at radius 1 is 0.972 bits per heavy atom. The number of aromatic nitrogens is 5. The highest BCUT2D eigenvalue weighted by atomic mass is 19.1. The summed E-state index contributed by atoms with van der Waals surface area (Å²) in [7, 11) is 0. The first-order valence-electron chi connectivity index (χ1n) is 11.4. The number of rotatable bonds is 7. The molecule has 0 aliphatic rings. The Morgan fingerprint density at radius 2 is 1.75 bits per heavy atom. The van der Waals surface area contributed by atoms with Gasteiger partial charge in [0.2, 0.25) is 0 Å². The highest BCUT2D eigenvalue weighted by Gasteiger charge is 2.13. The fourth-order valence-electron chi connectivity index (χ4n) is 3.90. The second-order valence-corrected chi connectivity index (χ2v) is 8.08. The van der Waals surface area contributed by atoms with Crippen molar-refractivity contribution in [2.24, 2.45) is 0 Å². The molecule has 0 radical (unpaired) electrons. The molecule has 0 unspecified atom stereocenters. The number of H-pyrrole nitrogens is 1. The molecule has 0 saturated carbocycles. The Morgan fingerprint density at radius 3 is 2.53 bits per heavy atom. The van der Waals surface area contributed by atoms with Gasteiger partial charge in [0.05, 0.1) is 34.8 Å². The molecule has 0 bridgehead atoms. The smallest absolute Gasteiger partial charge is 0.123 e. The van der Waals surface area contributed by atoms with Crippen LogP contribution in [0.5, 0.6) is 0 Å². The zero-order valence-corrected chi connectivity index (χ0v) is 19.9. The fourth-order valence-corrected chi connectivity index (χ4v) is 3.90. The van der Waals surface area contributed by atoms with Crippen molar-refractivity contribution in [3.05, 3.63) is 90.2 Å². The number of fused-ring (bicyclic) bond motifs is 1. The summed E-state index contributed by atoms with van der Waals surface area (Å²) in [5.74, 6) is 0.479. The van der Waals surface area contributed by atoms with Crippen molar-refractivity contribution in [3.63, 3.8) is 0 Å². The van der Waals surface area contributed by atoms with E-state index in [2.05, 4.69) is 51.1 Å². The third-order valence-electron chi connectivity index (χ3n) is 5.65. The largest absolute Gasteiger partial charge is 0.397 e. The van der Waals surface area contributed by atoms with Gasteiger partial charge in [-0.15, -0.1) is 12.8 Å². The van der Waals surface area contributed by atoms with Crippen molar-refractivity contribution >= 4 is 16.7 Å². The number of nitrogens with zero attached hydrogens (tertiary/aromatic N) is 4. The molecule has 0 aliphatic carbocycles. The highest BCUT2D eigenvalue weighted by molar-refractivity contribution is 5.91. The van der Waals surface area contributed by atoms with Gasteiger partial charge in [0, 0.05) is 42.7 Å². The van der Waals surface area contributed by atoms with Crippen LogP contribution in [0.1, 0.15) is 23.9 Å². The summed E-state index contributed by atoms with van der Waals surface area (Å²) >= 11 is 0. The Balaban J connectivity index is 0.00000148. The second kappa shape index (κ2) is 11.2. The predicted octanol–water partition coefficient (Wildman–Crippen LogP) is 4.75. The molecule has 5 aromatic rings. The number of anilines is 1. The summed E-state index contributed by atoms with van der Waals surface area (Å²) in [6.45, 7) is 3.72. The van der Waals surface area contributed by atoms with Crippen LogP contribution in [0.2, 0.25) is 0 Å². The first-order chi connectivity index (χ1) is 17.6. The van der Waals surface area contributed by atoms with E-state index in [0.29, 0.717) is 12.1 Å². The van der Waals surface area contributed by atoms with Gasteiger partial charge < -0.3 is 16.0 Å². The van der Waals surface area contributed by atoms with Crippen LogP contribution in [0.15, 0.2) is 67.4 Å². The molecule has 0 amide bonds. The number of aromatic amines is 1. The van der Waals surface area contributed by atoms with Crippen LogP contribution in [0, 0.1) is 18.7 Å². The molecule has 0 saturated heterocycles. The maximum absolute atomic E-state index is 13.4. The molecule has 0 aliphatic heterocycles. The predicted molar refractivity (Wildman–Crippen MR) is 141 cm³/mol. The lowest BCUT2D eigenvalue weighted by Crippen LogP contribution is -2.11. The highest BCUT2D eigenvalue weighted by Crippen LogP contribution is 2.28. The van der Waals surface area contributed by atoms with Crippen LogP contribution in [-0.2, 0) is 13.0 Å². The molecule has 8 heteroatoms. The van der Waals surface area contributed by atoms with E-state index in [9.17, 15) is 4.39 Å². The quantitative estimate of drug-likeness (QED) is 0.291. The van der Waals surface area contributed by atoms with E-state index < -0.39 is 0 Å². The lowest BCUT2D eigenvalue weighted by Gasteiger charge is -2.08. The van der Waals surface area contributed by atoms with Crippen molar-refractivity contribution < 1.29 is 4.39 Å². The van der Waals surface area contributed by atoms with Gasteiger partial charge in [-0.3, -0.25) is 15.0 Å². The molecule has 0 fully saturated rings. The molecule has 0 atom stereocenters. The van der Waals surface area contributed by atoms with Gasteiger partial charge >= 0.3 is 0 Å². The molecular formula is C28H26FN7. The number of terminal acetylenes is 1. The number of nitrogen functional groups attached to an aromatic ring is 1. The average Bonchev–Trinajstić information content (AvgIpc) is 3.33. The summed E-state index contributed by atoms with van der Waals surface area (Å²) in [4.78, 5) is 21.4. The van der Waals surface area contributed by atoms with Crippen molar-refractivity contribution in [2.45, 2.75) is 19.9 Å². The number of halogens is 1. The minimum Gasteiger partial charge on any atom is -0.397 e. The van der Waals surface area contributed by atoms with Gasteiger partial charge in [-0.2, -0.15) is 0 Å². The summed E-state index contributed by atoms with van der Waals surface area (Å²) in [5.41, 5.74) is 13.9. The van der Waals surface area contributed by atoms with Gasteiger partial charge in [0.25, 0.3) is 0 Å². The zero-order chi connectivity index (χ0) is 25.5. The second-order valence-electron chi connectivity index (χ2n) is 8.08. The third-order valence-corrected chi connectivity index (χ3v) is 5.65. The van der Waals surface area contributed by atoms with Crippen LogP contribution in [0.3, 0.4) is 0 Å². The van der Waals surface area contributed by atoms with Crippen LogP contribution < -0.4 is 11.1 Å². The first-order valence-corrected chi connectivity index (χ1v) is 11.4. The summed E-state index contributed by atoms with van der Waals surface area (Å²) in [6, 6.07) is 10.4. The van der Waals surface area contributed by atoms with E-state index in [-0.39, 0.29) is 5.82 Å². The molecule has 4 N–H and O–H groups in total. The number of hydrogen-bond donors (Lipinski definition) is 3. The lowest BCUT2D eigenvalue weighted by molar-refractivity contribution is 0.628. The van der Waals surface area contributed by atoms with Crippen LogP contribution in [0.25, 0.3) is 33.4 Å². The van der Waals surface area contributed by atoms with Gasteiger partial charge in [-0.25, -0.2) is 9.37 Å². The minimum atomic E-state index is -0.280. The maximum Gasteiger partial charge on any atom is 0.123 e. The Kier molecular flexibility index (Phi) is 7.63. The van der Waals surface area contributed by atoms with E-state index in [1.807, 2.05) is 12.3 Å². The molecule has 7 nitrogen and oxygen atoms in total. The zero-order valence-electron chi connectivity index (χ0n) is 19.9. The molecule has 1 aromatic carbocycles. The first kappa shape index (κ1) is 24.5. The number of pyridine rings is 3. The topological polar surface area (TPSA) is 105 Å². The van der Waals surface area contributed by atoms with Gasteiger partial charge in [-0.05, 0) is 47.5 Å². The lowest BCUT2D eigenvalue weighted by atomic mass is 10.1. The molecule has 4 heterocycles. The molecule has 180 valence electrons. The number of nitrogens with two attached hydrogens (primary N) is 1. The van der Waals surface area contributed by atoms with Crippen molar-refractivity contribution in [1.82, 2.24) is 30.2 Å². The summed E-state index contributed by atoms with van der Waals surface area (Å²) < 4.78 is 13.4. The molecule has 4 aromatic heterocycles. The number of benzene rings is 1. The van der Waals surface area contributed by atoms with Crippen molar-refractivity contribution in [2.75, 3.05) is 12.3 Å². The van der Waals surface area contributed by atoms with Gasteiger partial charge in [-0.1, -0.05) is 19.1 Å². The maximum atomic E-state index is 13.4. The van der Waals surface area contributed by atoms with E-state index in [0.717, 1.165) is 63.5 Å². The Bertz CT molecular complexity index is 1490. The number of nitrogens with one attached hydrogen (secondary N) is 2. The summed E-state index contributed by atoms with van der Waals surface area (Å²) in [6.07, 6.45) is 17.3. The third kappa shape index (κ3) is 5.37. The minimum absolute atomic E-state index is 0.280. The van der Waals surface area contributed by atoms with Crippen LogP contribution in [-0.4, -0.2) is 31.5 Å². The molecular weight excluding hydrogens is 453 g/mol. The normalized spacial score (nSPS) is 10.7. The van der Waals surface area contributed by atoms with Crippen molar-refractivity contribution in [1.29, 1.82) is 0 Å². The van der Waals surface area contributed by atoms with Crippen LogP contribution in [0.4, 0.5) is 10.1 Å².